The highest BCUT2D eigenvalue weighted by atomic mass is 32.2. The van der Waals surface area contributed by atoms with Gasteiger partial charge in [0.1, 0.15) is 17.6 Å². The zero-order valence-electron chi connectivity index (χ0n) is 28.6. The van der Waals surface area contributed by atoms with Crippen molar-refractivity contribution in [2.75, 3.05) is 6.54 Å². The van der Waals surface area contributed by atoms with Gasteiger partial charge in [0, 0.05) is 28.7 Å². The molecule has 3 fully saturated rings. The molecular formula is C35H46N6O7S2. The second-order valence-electron chi connectivity index (χ2n) is 15.0. The van der Waals surface area contributed by atoms with Crippen LogP contribution in [0.25, 0.3) is 10.1 Å². The van der Waals surface area contributed by atoms with E-state index in [0.29, 0.717) is 37.0 Å². The molecular weight excluding hydrogens is 681 g/mol. The summed E-state index contributed by atoms with van der Waals surface area (Å²) < 4.78 is 28.7. The number of hydrogen-bond donors (Lipinski definition) is 5. The normalized spacial score (nSPS) is 28.3. The number of carbonyl (C=O) groups excluding carboxylic acids is 5. The number of amides is 6. The Bertz CT molecular complexity index is 1780. The monoisotopic (exact) mass is 726 g/mol. The van der Waals surface area contributed by atoms with Crippen LogP contribution in [0.3, 0.4) is 0 Å². The van der Waals surface area contributed by atoms with Gasteiger partial charge in [0.25, 0.3) is 11.8 Å². The molecule has 0 spiro atoms. The van der Waals surface area contributed by atoms with Crippen molar-refractivity contribution >= 4 is 61.1 Å². The van der Waals surface area contributed by atoms with E-state index in [9.17, 15) is 32.4 Å². The van der Waals surface area contributed by atoms with Gasteiger partial charge in [-0.25, -0.2) is 13.2 Å². The van der Waals surface area contributed by atoms with E-state index in [1.165, 1.54) is 16.2 Å². The van der Waals surface area contributed by atoms with Gasteiger partial charge in [-0.3, -0.25) is 23.9 Å². The molecule has 6 amide bonds. The molecule has 3 heterocycles. The van der Waals surface area contributed by atoms with E-state index < -0.39 is 74.1 Å². The molecule has 5 atom stereocenters. The highest BCUT2D eigenvalue weighted by Crippen LogP contribution is 2.46. The third-order valence-electron chi connectivity index (χ3n) is 9.66. The van der Waals surface area contributed by atoms with Gasteiger partial charge in [0.2, 0.25) is 21.8 Å². The first-order valence-electron chi connectivity index (χ1n) is 17.4. The van der Waals surface area contributed by atoms with Crippen molar-refractivity contribution in [1.29, 1.82) is 0 Å². The van der Waals surface area contributed by atoms with Crippen molar-refractivity contribution in [2.24, 2.45) is 5.92 Å². The minimum absolute atomic E-state index is 0.00517. The van der Waals surface area contributed by atoms with Crippen LogP contribution in [0.4, 0.5) is 4.79 Å². The lowest BCUT2D eigenvalue weighted by atomic mass is 10.0. The van der Waals surface area contributed by atoms with Gasteiger partial charge in [-0.1, -0.05) is 43.2 Å². The summed E-state index contributed by atoms with van der Waals surface area (Å²) in [6, 6.07) is 6.28. The number of fused-ring (bicyclic) bond motifs is 3. The summed E-state index contributed by atoms with van der Waals surface area (Å²) in [4.78, 5) is 70.4. The number of allylic oxidation sites excluding steroid dienone is 1. The Kier molecular flexibility index (Phi) is 10.0. The fraction of sp³-hybridized carbons (Fsp3) is 0.571. The first-order chi connectivity index (χ1) is 23.6. The van der Waals surface area contributed by atoms with E-state index >= 15 is 0 Å². The van der Waals surface area contributed by atoms with Crippen molar-refractivity contribution in [3.8, 4) is 0 Å². The molecule has 2 aliphatic carbocycles. The van der Waals surface area contributed by atoms with Crippen LogP contribution in [0, 0.1) is 5.92 Å². The van der Waals surface area contributed by atoms with Gasteiger partial charge in [0.15, 0.2) is 0 Å². The number of urea groups is 1. The molecule has 1 aromatic heterocycles. The molecule has 50 heavy (non-hydrogen) atoms. The molecule has 1 saturated heterocycles. The SMILES string of the molecule is CC(C)(C)NC(=O)N[C@H]1CCCCC/C=C\[C@@H]2C[C@@]2(C(=O)NS(=O)(=O)C2CC2)NC(=O)[C@@H]2C[C@@H](NC(=O)c3cc4ccccc4s3)CN2C1=O. The van der Waals surface area contributed by atoms with Crippen molar-refractivity contribution in [1.82, 2.24) is 30.9 Å². The largest absolute Gasteiger partial charge is 0.347 e. The summed E-state index contributed by atoms with van der Waals surface area (Å²) in [5, 5.41) is 11.8. The number of thiophene rings is 1. The maximum Gasteiger partial charge on any atom is 0.315 e. The Morgan fingerprint density at radius 2 is 1.78 bits per heavy atom. The predicted molar refractivity (Wildman–Crippen MR) is 190 cm³/mol. The molecule has 0 unspecified atom stereocenters. The lowest BCUT2D eigenvalue weighted by Crippen LogP contribution is -2.59. The summed E-state index contributed by atoms with van der Waals surface area (Å²) in [5.41, 5.74) is -2.05. The third-order valence-corrected chi connectivity index (χ3v) is 12.6. The minimum atomic E-state index is -3.88. The number of nitrogens with one attached hydrogen (secondary N) is 5. The van der Waals surface area contributed by atoms with Gasteiger partial charge >= 0.3 is 6.03 Å². The van der Waals surface area contributed by atoms with Crippen LogP contribution in [0.15, 0.2) is 42.5 Å². The van der Waals surface area contributed by atoms with Gasteiger partial charge in [-0.2, -0.15) is 0 Å². The third kappa shape index (κ3) is 8.14. The predicted octanol–water partition coefficient (Wildman–Crippen LogP) is 3.07. The Hall–Kier alpha value is -3.98. The zero-order valence-corrected chi connectivity index (χ0v) is 30.3. The van der Waals surface area contributed by atoms with Crippen molar-refractivity contribution in [3.63, 3.8) is 0 Å². The van der Waals surface area contributed by atoms with E-state index in [-0.39, 0.29) is 25.3 Å². The average Bonchev–Trinajstić information content (AvgIpc) is 3.92. The van der Waals surface area contributed by atoms with Gasteiger partial charge in [-0.15, -0.1) is 11.3 Å². The van der Waals surface area contributed by atoms with Crippen LogP contribution in [0.1, 0.15) is 88.2 Å². The fourth-order valence-electron chi connectivity index (χ4n) is 6.79. The maximum atomic E-state index is 14.3. The summed E-state index contributed by atoms with van der Waals surface area (Å²) in [6.07, 6.45) is 8.30. The van der Waals surface area contributed by atoms with E-state index in [2.05, 4.69) is 26.0 Å². The Morgan fingerprint density at radius 3 is 2.50 bits per heavy atom. The summed E-state index contributed by atoms with van der Waals surface area (Å²) in [5.74, 6) is -2.64. The molecule has 2 aromatic rings. The number of sulfonamides is 1. The minimum Gasteiger partial charge on any atom is -0.347 e. The molecule has 1 aromatic carbocycles. The molecule has 5 N–H and O–H groups in total. The zero-order chi connectivity index (χ0) is 35.8. The van der Waals surface area contributed by atoms with E-state index in [1.54, 1.807) is 6.07 Å². The average molecular weight is 727 g/mol. The van der Waals surface area contributed by atoms with Crippen LogP contribution < -0.4 is 26.0 Å². The summed E-state index contributed by atoms with van der Waals surface area (Å²) in [7, 11) is -3.88. The number of rotatable bonds is 6. The molecule has 270 valence electrons. The molecule has 2 aliphatic heterocycles. The molecule has 0 bridgehead atoms. The quantitative estimate of drug-likeness (QED) is 0.284. The van der Waals surface area contributed by atoms with Crippen LogP contribution in [-0.2, 0) is 24.4 Å². The van der Waals surface area contributed by atoms with Crippen molar-refractivity contribution in [2.45, 2.75) is 113 Å². The lowest BCUT2D eigenvalue weighted by molar-refractivity contribution is -0.141. The summed E-state index contributed by atoms with van der Waals surface area (Å²) >= 11 is 1.34. The van der Waals surface area contributed by atoms with Crippen LogP contribution in [0.2, 0.25) is 0 Å². The Morgan fingerprint density at radius 1 is 1.02 bits per heavy atom. The number of hydrogen-bond acceptors (Lipinski definition) is 8. The van der Waals surface area contributed by atoms with Crippen molar-refractivity contribution < 1.29 is 32.4 Å². The highest BCUT2D eigenvalue weighted by molar-refractivity contribution is 7.91. The highest BCUT2D eigenvalue weighted by Gasteiger charge is 2.62. The van der Waals surface area contributed by atoms with E-state index in [0.717, 1.165) is 22.9 Å². The second-order valence-corrected chi connectivity index (χ2v) is 18.0. The van der Waals surface area contributed by atoms with E-state index in [1.807, 2.05) is 57.2 Å². The Balaban J connectivity index is 1.27. The van der Waals surface area contributed by atoms with Gasteiger partial charge < -0.3 is 26.2 Å². The molecule has 2 saturated carbocycles. The first kappa shape index (κ1) is 35.8. The van der Waals surface area contributed by atoms with Crippen molar-refractivity contribution in [3.05, 3.63) is 47.4 Å². The molecule has 4 aliphatic rings. The molecule has 0 radical (unpaired) electrons. The van der Waals surface area contributed by atoms with Gasteiger partial charge in [-0.05, 0) is 83.2 Å². The first-order valence-corrected chi connectivity index (χ1v) is 19.7. The molecule has 13 nitrogen and oxygen atoms in total. The van der Waals surface area contributed by atoms with Gasteiger partial charge in [0.05, 0.1) is 10.1 Å². The van der Waals surface area contributed by atoms with Crippen LogP contribution >= 0.6 is 11.3 Å². The maximum absolute atomic E-state index is 14.3. The molecule has 15 heteroatoms. The fourth-order valence-corrected chi connectivity index (χ4v) is 9.12. The topological polar surface area (TPSA) is 183 Å². The number of benzene rings is 1. The number of nitrogens with zero attached hydrogens (tertiary/aromatic N) is 1. The van der Waals surface area contributed by atoms with Crippen LogP contribution in [-0.4, -0.2) is 84.0 Å². The smallest absolute Gasteiger partial charge is 0.315 e. The van der Waals surface area contributed by atoms with E-state index in [4.69, 9.17) is 0 Å². The number of carbonyl (C=O) groups is 5. The second kappa shape index (κ2) is 14.0. The Labute approximate surface area is 296 Å². The standard InChI is InChI=1S/C35H46N6O7S2/c1-34(2,3)39-33(46)37-25-13-8-6-4-5-7-12-22-19-35(22,32(45)40-50(47,48)24-15-16-24)38-29(42)26-18-23(20-41(26)31(25)44)36-30(43)28-17-21-11-9-10-14-27(21)49-28/h7,9-12,14,17,22-26H,4-6,8,13,15-16,18-20H2,1-3H3,(H,36,43)(H,38,42)(H,40,45)(H2,37,39,46)/b12-7-/t22-,23-,25+,26+,35-/m1/s1. The molecule has 6 rings (SSSR count). The van der Waals surface area contributed by atoms with Crippen LogP contribution in [0.5, 0.6) is 0 Å². The lowest BCUT2D eigenvalue weighted by Gasteiger charge is -2.31. The summed E-state index contributed by atoms with van der Waals surface area (Å²) in [6.45, 7) is 5.49.